The molecule has 0 aromatic heterocycles. The molecule has 2 rings (SSSR count). The van der Waals surface area contributed by atoms with Crippen LogP contribution in [0.2, 0.25) is 0 Å². The highest BCUT2D eigenvalue weighted by Crippen LogP contribution is 2.11. The second-order valence-electron chi connectivity index (χ2n) is 5.03. The van der Waals surface area contributed by atoms with E-state index in [0.29, 0.717) is 38.3 Å². The van der Waals surface area contributed by atoms with Crippen LogP contribution in [-0.4, -0.2) is 54.3 Å². The van der Waals surface area contributed by atoms with Crippen molar-refractivity contribution in [3.05, 3.63) is 35.4 Å². The van der Waals surface area contributed by atoms with Gasteiger partial charge in [-0.1, -0.05) is 12.1 Å². The highest BCUT2D eigenvalue weighted by molar-refractivity contribution is 5.94. The first-order chi connectivity index (χ1) is 9.61. The Hall–Kier alpha value is -1.88. The van der Waals surface area contributed by atoms with Gasteiger partial charge in [-0.05, 0) is 30.7 Å². The van der Waals surface area contributed by atoms with Crippen LogP contribution in [0.3, 0.4) is 0 Å². The van der Waals surface area contributed by atoms with Crippen LogP contribution in [0.1, 0.15) is 22.8 Å². The largest absolute Gasteiger partial charge is 0.339 e. The van der Waals surface area contributed by atoms with Crippen molar-refractivity contribution in [2.45, 2.75) is 13.3 Å². The van der Waals surface area contributed by atoms with Crippen molar-refractivity contribution >= 4 is 11.8 Å². The Bertz CT molecular complexity index is 476. The van der Waals surface area contributed by atoms with Crippen LogP contribution in [0.5, 0.6) is 0 Å². The smallest absolute Gasteiger partial charge is 0.253 e. The highest BCUT2D eigenvalue weighted by Gasteiger charge is 2.22. The molecular formula is C15H21N3O2. The van der Waals surface area contributed by atoms with Crippen molar-refractivity contribution in [2.24, 2.45) is 5.73 Å². The molecular weight excluding hydrogens is 254 g/mol. The van der Waals surface area contributed by atoms with Gasteiger partial charge in [-0.15, -0.1) is 0 Å². The van der Waals surface area contributed by atoms with Crippen molar-refractivity contribution in [2.75, 3.05) is 32.7 Å². The molecule has 108 valence electrons. The lowest BCUT2D eigenvalue weighted by Crippen LogP contribution is -2.50. The second kappa shape index (κ2) is 6.52. The summed E-state index contributed by atoms with van der Waals surface area (Å²) in [5, 5.41) is 0. The molecule has 1 aromatic rings. The minimum absolute atomic E-state index is 0.0347. The zero-order valence-corrected chi connectivity index (χ0v) is 11.8. The highest BCUT2D eigenvalue weighted by atomic mass is 16.2. The molecule has 2 N–H and O–H groups in total. The first kappa shape index (κ1) is 14.5. The van der Waals surface area contributed by atoms with E-state index in [-0.39, 0.29) is 11.8 Å². The molecule has 5 nitrogen and oxygen atoms in total. The zero-order chi connectivity index (χ0) is 14.5. The van der Waals surface area contributed by atoms with Gasteiger partial charge < -0.3 is 15.5 Å². The summed E-state index contributed by atoms with van der Waals surface area (Å²) in [6, 6.07) is 7.60. The van der Waals surface area contributed by atoms with Gasteiger partial charge in [-0.25, -0.2) is 0 Å². The van der Waals surface area contributed by atoms with E-state index >= 15 is 0 Å². The maximum atomic E-state index is 12.3. The van der Waals surface area contributed by atoms with Crippen molar-refractivity contribution in [1.82, 2.24) is 9.80 Å². The van der Waals surface area contributed by atoms with Gasteiger partial charge in [0.1, 0.15) is 0 Å². The van der Waals surface area contributed by atoms with E-state index in [1.54, 1.807) is 16.7 Å². The Morgan fingerprint density at radius 1 is 1.05 bits per heavy atom. The predicted octanol–water partition coefficient (Wildman–Crippen LogP) is 0.492. The van der Waals surface area contributed by atoms with Gasteiger partial charge in [0.15, 0.2) is 0 Å². The van der Waals surface area contributed by atoms with Crippen LogP contribution >= 0.6 is 0 Å². The molecule has 0 radical (unpaired) electrons. The van der Waals surface area contributed by atoms with Gasteiger partial charge in [0.2, 0.25) is 5.91 Å². The Morgan fingerprint density at radius 3 is 2.10 bits per heavy atom. The first-order valence-electron chi connectivity index (χ1n) is 6.95. The van der Waals surface area contributed by atoms with Gasteiger partial charge in [-0.3, -0.25) is 9.59 Å². The van der Waals surface area contributed by atoms with E-state index in [9.17, 15) is 9.59 Å². The average Bonchev–Trinajstić information content (AvgIpc) is 2.48. The molecule has 0 bridgehead atoms. The predicted molar refractivity (Wildman–Crippen MR) is 77.4 cm³/mol. The van der Waals surface area contributed by atoms with Crippen molar-refractivity contribution in [1.29, 1.82) is 0 Å². The lowest BCUT2D eigenvalue weighted by molar-refractivity contribution is -0.130. The summed E-state index contributed by atoms with van der Waals surface area (Å²) >= 11 is 0. The third-order valence-corrected chi connectivity index (χ3v) is 3.65. The number of rotatable bonds is 3. The molecule has 20 heavy (non-hydrogen) atoms. The summed E-state index contributed by atoms with van der Waals surface area (Å²) in [7, 11) is 0. The van der Waals surface area contributed by atoms with E-state index in [1.807, 2.05) is 24.3 Å². The fourth-order valence-corrected chi connectivity index (χ4v) is 2.39. The maximum absolute atomic E-state index is 12.3. The van der Waals surface area contributed by atoms with Crippen LogP contribution in [0, 0.1) is 0 Å². The van der Waals surface area contributed by atoms with Crippen LogP contribution in [0.4, 0.5) is 0 Å². The number of nitrogens with zero attached hydrogens (tertiary/aromatic N) is 2. The fraction of sp³-hybridized carbons (Fsp3) is 0.467. The Labute approximate surface area is 119 Å². The van der Waals surface area contributed by atoms with Gasteiger partial charge in [0, 0.05) is 38.7 Å². The minimum atomic E-state index is 0.0347. The number of benzene rings is 1. The topological polar surface area (TPSA) is 66.6 Å². The summed E-state index contributed by atoms with van der Waals surface area (Å²) in [5.74, 6) is 0.107. The molecule has 0 atom stereocenters. The van der Waals surface area contributed by atoms with E-state index in [4.69, 9.17) is 5.73 Å². The van der Waals surface area contributed by atoms with Crippen LogP contribution in [-0.2, 0) is 11.2 Å². The number of piperazine rings is 1. The SMILES string of the molecule is CC(=O)N1CCN(C(=O)c2ccc(CCN)cc2)CC1. The summed E-state index contributed by atoms with van der Waals surface area (Å²) < 4.78 is 0. The third kappa shape index (κ3) is 3.36. The van der Waals surface area contributed by atoms with E-state index < -0.39 is 0 Å². The number of amides is 2. The van der Waals surface area contributed by atoms with Crippen LogP contribution < -0.4 is 5.73 Å². The minimum Gasteiger partial charge on any atom is -0.339 e. The van der Waals surface area contributed by atoms with Crippen LogP contribution in [0.15, 0.2) is 24.3 Å². The number of carbonyl (C=O) groups is 2. The molecule has 1 heterocycles. The Kier molecular flexibility index (Phi) is 4.74. The maximum Gasteiger partial charge on any atom is 0.253 e. The van der Waals surface area contributed by atoms with Crippen molar-refractivity contribution < 1.29 is 9.59 Å². The van der Waals surface area contributed by atoms with Gasteiger partial charge in [0.25, 0.3) is 5.91 Å². The molecule has 0 aliphatic carbocycles. The number of carbonyl (C=O) groups excluding carboxylic acids is 2. The van der Waals surface area contributed by atoms with E-state index in [2.05, 4.69) is 0 Å². The lowest BCUT2D eigenvalue weighted by Gasteiger charge is -2.34. The number of hydrogen-bond donors (Lipinski definition) is 1. The number of hydrogen-bond acceptors (Lipinski definition) is 3. The van der Waals surface area contributed by atoms with E-state index in [0.717, 1.165) is 12.0 Å². The summed E-state index contributed by atoms with van der Waals surface area (Å²) in [6.45, 7) is 4.61. The molecule has 1 aliphatic rings. The standard InChI is InChI=1S/C15H21N3O2/c1-12(19)17-8-10-18(11-9-17)15(20)14-4-2-13(3-5-14)6-7-16/h2-5H,6-11,16H2,1H3. The van der Waals surface area contributed by atoms with E-state index in [1.165, 1.54) is 0 Å². The normalized spacial score (nSPS) is 15.3. The molecule has 1 aromatic carbocycles. The van der Waals surface area contributed by atoms with Crippen LogP contribution in [0.25, 0.3) is 0 Å². The molecule has 1 aliphatic heterocycles. The van der Waals surface area contributed by atoms with Gasteiger partial charge in [0.05, 0.1) is 0 Å². The van der Waals surface area contributed by atoms with Gasteiger partial charge >= 0.3 is 0 Å². The van der Waals surface area contributed by atoms with Gasteiger partial charge in [-0.2, -0.15) is 0 Å². The zero-order valence-electron chi connectivity index (χ0n) is 11.8. The quantitative estimate of drug-likeness (QED) is 0.873. The molecule has 0 saturated carbocycles. The monoisotopic (exact) mass is 275 g/mol. The van der Waals surface area contributed by atoms with Crippen molar-refractivity contribution in [3.8, 4) is 0 Å². The molecule has 5 heteroatoms. The summed E-state index contributed by atoms with van der Waals surface area (Å²) in [4.78, 5) is 27.2. The molecule has 1 fully saturated rings. The molecule has 1 saturated heterocycles. The lowest BCUT2D eigenvalue weighted by atomic mass is 10.1. The molecule has 0 unspecified atom stereocenters. The second-order valence-corrected chi connectivity index (χ2v) is 5.03. The third-order valence-electron chi connectivity index (χ3n) is 3.65. The molecule has 2 amide bonds. The molecule has 0 spiro atoms. The number of nitrogens with two attached hydrogens (primary N) is 1. The average molecular weight is 275 g/mol. The van der Waals surface area contributed by atoms with Crippen molar-refractivity contribution in [3.63, 3.8) is 0 Å². The Balaban J connectivity index is 1.96. The fourth-order valence-electron chi connectivity index (χ4n) is 2.39. The summed E-state index contributed by atoms with van der Waals surface area (Å²) in [5.41, 5.74) is 7.35. The Morgan fingerprint density at radius 2 is 1.60 bits per heavy atom. The first-order valence-corrected chi connectivity index (χ1v) is 6.95. The summed E-state index contributed by atoms with van der Waals surface area (Å²) in [6.07, 6.45) is 0.825.